The van der Waals surface area contributed by atoms with Crippen LogP contribution in [0.5, 0.6) is 0 Å². The Hall–Kier alpha value is -0.120. The number of ether oxygens (including phenoxy) is 3. The molecule has 0 radical (unpaired) electrons. The zero-order valence-corrected chi connectivity index (χ0v) is 7.87. The molecule has 0 bridgehead atoms. The molecule has 0 spiro atoms. The highest BCUT2D eigenvalue weighted by Gasteiger charge is 2.55. The molecule has 0 aromatic carbocycles. The summed E-state index contributed by atoms with van der Waals surface area (Å²) in [6.45, 7) is 5.71. The fourth-order valence-electron chi connectivity index (χ4n) is 2.31. The van der Waals surface area contributed by atoms with Crippen LogP contribution in [0.3, 0.4) is 0 Å². The minimum Gasteiger partial charge on any atom is -0.376 e. The van der Waals surface area contributed by atoms with Gasteiger partial charge in [0, 0.05) is 13.0 Å². The highest BCUT2D eigenvalue weighted by Crippen LogP contribution is 2.41. The van der Waals surface area contributed by atoms with Crippen molar-refractivity contribution in [2.75, 3.05) is 20.3 Å². The molecule has 0 saturated carbocycles. The monoisotopic (exact) mass is 172 g/mol. The first-order chi connectivity index (χ1) is 5.68. The van der Waals surface area contributed by atoms with Crippen LogP contribution in [-0.2, 0) is 14.2 Å². The molecule has 2 heterocycles. The van der Waals surface area contributed by atoms with E-state index in [0.29, 0.717) is 12.5 Å². The molecule has 2 aliphatic rings. The molecule has 0 aliphatic carbocycles. The van der Waals surface area contributed by atoms with Gasteiger partial charge in [-0.25, -0.2) is 0 Å². The lowest BCUT2D eigenvalue weighted by Crippen LogP contribution is -2.43. The fourth-order valence-corrected chi connectivity index (χ4v) is 2.31. The van der Waals surface area contributed by atoms with Crippen molar-refractivity contribution in [3.8, 4) is 0 Å². The molecular weight excluding hydrogens is 156 g/mol. The van der Waals surface area contributed by atoms with E-state index in [1.807, 2.05) is 0 Å². The van der Waals surface area contributed by atoms with Crippen LogP contribution in [0.1, 0.15) is 13.8 Å². The van der Waals surface area contributed by atoms with Gasteiger partial charge in [0.05, 0.1) is 19.3 Å². The predicted molar refractivity (Wildman–Crippen MR) is 44.1 cm³/mol. The lowest BCUT2D eigenvalue weighted by molar-refractivity contribution is -0.0773. The Morgan fingerprint density at radius 2 is 2.17 bits per heavy atom. The van der Waals surface area contributed by atoms with Gasteiger partial charge in [0.2, 0.25) is 0 Å². The molecule has 0 aromatic rings. The highest BCUT2D eigenvalue weighted by atomic mass is 16.6. The zero-order valence-electron chi connectivity index (χ0n) is 7.87. The molecule has 2 rings (SSSR count). The molecule has 2 saturated heterocycles. The molecule has 4 atom stereocenters. The third-order valence-electron chi connectivity index (χ3n) is 3.09. The normalized spacial score (nSPS) is 52.8. The largest absolute Gasteiger partial charge is 0.376 e. The smallest absolute Gasteiger partial charge is 0.120 e. The first kappa shape index (κ1) is 8.48. The van der Waals surface area contributed by atoms with Crippen molar-refractivity contribution >= 4 is 0 Å². The summed E-state index contributed by atoms with van der Waals surface area (Å²) in [4.78, 5) is 0. The number of methoxy groups -OCH3 is 1. The van der Waals surface area contributed by atoms with Crippen LogP contribution >= 0.6 is 0 Å². The molecule has 2 fully saturated rings. The molecule has 3 nitrogen and oxygen atoms in total. The summed E-state index contributed by atoms with van der Waals surface area (Å²) in [6, 6.07) is 0. The van der Waals surface area contributed by atoms with Gasteiger partial charge in [-0.1, -0.05) is 6.92 Å². The van der Waals surface area contributed by atoms with Crippen molar-refractivity contribution in [1.82, 2.24) is 0 Å². The van der Waals surface area contributed by atoms with Crippen molar-refractivity contribution in [1.29, 1.82) is 0 Å². The maximum absolute atomic E-state index is 5.73. The summed E-state index contributed by atoms with van der Waals surface area (Å²) >= 11 is 0. The van der Waals surface area contributed by atoms with E-state index in [1.165, 1.54) is 0 Å². The van der Waals surface area contributed by atoms with Crippen molar-refractivity contribution in [2.24, 2.45) is 5.92 Å². The summed E-state index contributed by atoms with van der Waals surface area (Å²) in [6.07, 6.45) is 0.329. The lowest BCUT2D eigenvalue weighted by Gasteiger charge is -2.27. The molecule has 2 aliphatic heterocycles. The second-order valence-electron chi connectivity index (χ2n) is 3.95. The Labute approximate surface area is 73.0 Å². The van der Waals surface area contributed by atoms with E-state index in [4.69, 9.17) is 14.2 Å². The minimum atomic E-state index is -0.200. The quantitative estimate of drug-likeness (QED) is 0.586. The maximum Gasteiger partial charge on any atom is 0.120 e. The van der Waals surface area contributed by atoms with E-state index < -0.39 is 0 Å². The lowest BCUT2D eigenvalue weighted by atomic mass is 9.91. The number of hydrogen-bond acceptors (Lipinski definition) is 3. The van der Waals surface area contributed by atoms with Gasteiger partial charge >= 0.3 is 0 Å². The molecule has 0 amide bonds. The molecule has 1 unspecified atom stereocenters. The minimum absolute atomic E-state index is 0.104. The van der Waals surface area contributed by atoms with Gasteiger partial charge in [0.1, 0.15) is 11.7 Å². The molecule has 3 heteroatoms. The molecule has 12 heavy (non-hydrogen) atoms. The molecule has 0 aromatic heterocycles. The highest BCUT2D eigenvalue weighted by molar-refractivity contribution is 5.03. The second-order valence-corrected chi connectivity index (χ2v) is 3.95. The maximum atomic E-state index is 5.73. The van der Waals surface area contributed by atoms with Gasteiger partial charge in [-0.15, -0.1) is 0 Å². The second kappa shape index (κ2) is 2.69. The van der Waals surface area contributed by atoms with Crippen LogP contribution in [-0.4, -0.2) is 38.1 Å². The van der Waals surface area contributed by atoms with Crippen LogP contribution in [0, 0.1) is 5.92 Å². The van der Waals surface area contributed by atoms with Gasteiger partial charge in [0.25, 0.3) is 0 Å². The van der Waals surface area contributed by atoms with Crippen LogP contribution < -0.4 is 0 Å². The van der Waals surface area contributed by atoms with Crippen LogP contribution in [0.15, 0.2) is 0 Å². The Morgan fingerprint density at radius 1 is 1.42 bits per heavy atom. The van der Waals surface area contributed by atoms with Gasteiger partial charge in [-0.3, -0.25) is 0 Å². The third-order valence-corrected chi connectivity index (χ3v) is 3.09. The Morgan fingerprint density at radius 3 is 2.83 bits per heavy atom. The molecule has 70 valence electrons. The fraction of sp³-hybridized carbons (Fsp3) is 1.00. The summed E-state index contributed by atoms with van der Waals surface area (Å²) in [5.41, 5.74) is -0.200. The zero-order chi connectivity index (χ0) is 8.77. The standard InChI is InChI=1S/C9H16O3/c1-6-4-12-9(2)7(10-3)5-11-8(6)9/h6-8H,4-5H2,1-3H3/t6-,7+,8?,9-/m1/s1. The van der Waals surface area contributed by atoms with E-state index in [9.17, 15) is 0 Å². The summed E-state index contributed by atoms with van der Waals surface area (Å²) in [5.74, 6) is 0.496. The number of fused-ring (bicyclic) bond motifs is 1. The SMILES string of the molecule is CO[C@H]1COC2[C@H](C)CO[C@@]21C. The van der Waals surface area contributed by atoms with Crippen LogP contribution in [0.4, 0.5) is 0 Å². The van der Waals surface area contributed by atoms with Gasteiger partial charge < -0.3 is 14.2 Å². The van der Waals surface area contributed by atoms with Gasteiger partial charge in [0.15, 0.2) is 0 Å². The van der Waals surface area contributed by atoms with Gasteiger partial charge in [-0.2, -0.15) is 0 Å². The average molecular weight is 172 g/mol. The topological polar surface area (TPSA) is 27.7 Å². The summed E-state index contributed by atoms with van der Waals surface area (Å²) in [5, 5.41) is 0. The summed E-state index contributed by atoms with van der Waals surface area (Å²) < 4.78 is 16.7. The Kier molecular flexibility index (Phi) is 1.90. The predicted octanol–water partition coefficient (Wildman–Crippen LogP) is 0.825. The third kappa shape index (κ3) is 0.934. The molecule has 0 N–H and O–H groups in total. The Bertz CT molecular complexity index is 183. The number of hydrogen-bond donors (Lipinski definition) is 0. The van der Waals surface area contributed by atoms with E-state index in [1.54, 1.807) is 7.11 Å². The van der Waals surface area contributed by atoms with Crippen LogP contribution in [0.25, 0.3) is 0 Å². The van der Waals surface area contributed by atoms with Crippen molar-refractivity contribution in [3.63, 3.8) is 0 Å². The molecular formula is C9H16O3. The van der Waals surface area contributed by atoms with Gasteiger partial charge in [-0.05, 0) is 6.92 Å². The summed E-state index contributed by atoms with van der Waals surface area (Å²) in [7, 11) is 1.72. The number of rotatable bonds is 1. The van der Waals surface area contributed by atoms with E-state index in [-0.39, 0.29) is 17.8 Å². The van der Waals surface area contributed by atoms with Crippen molar-refractivity contribution in [2.45, 2.75) is 31.7 Å². The van der Waals surface area contributed by atoms with Crippen molar-refractivity contribution in [3.05, 3.63) is 0 Å². The van der Waals surface area contributed by atoms with E-state index in [0.717, 1.165) is 6.61 Å². The average Bonchev–Trinajstić information content (AvgIpc) is 2.50. The first-order valence-corrected chi connectivity index (χ1v) is 4.47. The van der Waals surface area contributed by atoms with Crippen LogP contribution in [0.2, 0.25) is 0 Å². The van der Waals surface area contributed by atoms with E-state index >= 15 is 0 Å². The van der Waals surface area contributed by atoms with Crippen molar-refractivity contribution < 1.29 is 14.2 Å². The first-order valence-electron chi connectivity index (χ1n) is 4.47. The van der Waals surface area contributed by atoms with E-state index in [2.05, 4.69) is 13.8 Å². The Balaban J connectivity index is 2.19.